The molecule has 0 aliphatic carbocycles. The Balaban J connectivity index is 1.81. The predicted octanol–water partition coefficient (Wildman–Crippen LogP) is 4.93. The van der Waals surface area contributed by atoms with E-state index in [2.05, 4.69) is 10.6 Å². The van der Waals surface area contributed by atoms with E-state index in [0.29, 0.717) is 30.8 Å². The topological polar surface area (TPSA) is 94.8 Å². The number of aryl methyl sites for hydroxylation is 2. The number of nitrogens with one attached hydrogen (secondary N) is 2. The Morgan fingerprint density at radius 3 is 2.23 bits per heavy atom. The van der Waals surface area contributed by atoms with E-state index in [-0.39, 0.29) is 24.4 Å². The molecule has 0 aliphatic heterocycles. The quantitative estimate of drug-likeness (QED) is 0.262. The van der Waals surface area contributed by atoms with Crippen LogP contribution in [-0.4, -0.2) is 53.6 Å². The van der Waals surface area contributed by atoms with Crippen molar-refractivity contribution >= 4 is 11.8 Å². The van der Waals surface area contributed by atoms with E-state index in [1.165, 1.54) is 12.1 Å². The molecule has 2 atom stereocenters. The van der Waals surface area contributed by atoms with Crippen molar-refractivity contribution in [3.8, 4) is 0 Å². The molecule has 0 saturated carbocycles. The highest BCUT2D eigenvalue weighted by atomic mass is 19.1. The van der Waals surface area contributed by atoms with Crippen LogP contribution in [0.1, 0.15) is 69.9 Å². The van der Waals surface area contributed by atoms with E-state index in [9.17, 15) is 23.5 Å². The Morgan fingerprint density at radius 1 is 0.975 bits per heavy atom. The Bertz CT molecular complexity index is 1270. The molecule has 0 bridgehead atoms. The first-order chi connectivity index (χ1) is 19.1. The van der Waals surface area contributed by atoms with Gasteiger partial charge in [-0.3, -0.25) is 9.59 Å². The molecule has 7 nitrogen and oxygen atoms in total. The van der Waals surface area contributed by atoms with Gasteiger partial charge < -0.3 is 25.1 Å². The van der Waals surface area contributed by atoms with Crippen molar-refractivity contribution in [2.75, 3.05) is 19.6 Å². The van der Waals surface area contributed by atoms with Crippen molar-refractivity contribution in [1.29, 1.82) is 0 Å². The maximum Gasteiger partial charge on any atom is 0.253 e. The number of amides is 2. The molecule has 9 heteroatoms. The largest absolute Gasteiger partial charge is 0.468 e. The van der Waals surface area contributed by atoms with Crippen molar-refractivity contribution < 1.29 is 27.9 Å². The molecule has 3 N–H and O–H groups in total. The zero-order chi connectivity index (χ0) is 29.2. The number of carbonyl (C=O) groups is 2. The highest BCUT2D eigenvalue weighted by Crippen LogP contribution is 2.16. The summed E-state index contributed by atoms with van der Waals surface area (Å²) in [7, 11) is 0. The summed E-state index contributed by atoms with van der Waals surface area (Å²) >= 11 is 0. The van der Waals surface area contributed by atoms with Crippen LogP contribution in [0.25, 0.3) is 0 Å². The number of halogens is 2. The van der Waals surface area contributed by atoms with Crippen LogP contribution < -0.4 is 10.6 Å². The van der Waals surface area contributed by atoms with E-state index in [1.807, 2.05) is 26.8 Å². The molecule has 0 aliphatic rings. The van der Waals surface area contributed by atoms with Gasteiger partial charge in [-0.05, 0) is 86.2 Å². The Labute approximate surface area is 234 Å². The lowest BCUT2D eigenvalue weighted by molar-refractivity contribution is 0.0755. The van der Waals surface area contributed by atoms with E-state index < -0.39 is 29.7 Å². The number of rotatable bonds is 14. The van der Waals surface area contributed by atoms with Crippen molar-refractivity contribution in [2.24, 2.45) is 0 Å². The third kappa shape index (κ3) is 8.72. The Morgan fingerprint density at radius 2 is 1.62 bits per heavy atom. The molecule has 1 aromatic heterocycles. The van der Waals surface area contributed by atoms with Crippen LogP contribution in [0.5, 0.6) is 0 Å². The van der Waals surface area contributed by atoms with E-state index >= 15 is 0 Å². The lowest BCUT2D eigenvalue weighted by Gasteiger charge is -2.25. The molecule has 0 fully saturated rings. The molecule has 0 saturated heterocycles. The number of hydrogen-bond acceptors (Lipinski definition) is 5. The number of benzene rings is 2. The van der Waals surface area contributed by atoms with Gasteiger partial charge in [-0.1, -0.05) is 13.8 Å². The van der Waals surface area contributed by atoms with Crippen LogP contribution in [0.2, 0.25) is 0 Å². The summed E-state index contributed by atoms with van der Waals surface area (Å²) in [5.41, 5.74) is 2.66. The molecule has 216 valence electrons. The number of aliphatic hydroxyl groups is 1. The van der Waals surface area contributed by atoms with E-state index in [1.54, 1.807) is 36.3 Å². The van der Waals surface area contributed by atoms with Crippen LogP contribution in [0.15, 0.2) is 53.1 Å². The second-order valence-electron chi connectivity index (χ2n) is 10.2. The van der Waals surface area contributed by atoms with Crippen LogP contribution in [0.4, 0.5) is 8.78 Å². The number of aliphatic hydroxyl groups excluding tert-OH is 1. The first-order valence-corrected chi connectivity index (χ1v) is 13.7. The third-order valence-electron chi connectivity index (χ3n) is 6.63. The second-order valence-corrected chi connectivity index (χ2v) is 10.2. The van der Waals surface area contributed by atoms with Crippen LogP contribution in [0, 0.1) is 25.5 Å². The smallest absolute Gasteiger partial charge is 0.253 e. The van der Waals surface area contributed by atoms with Gasteiger partial charge in [0.05, 0.1) is 25.0 Å². The second kappa shape index (κ2) is 14.7. The molecule has 40 heavy (non-hydrogen) atoms. The SMILES string of the molecule is CCCN(CCC)C(=O)c1cc(C)cc(C(=O)N[C@@H](Cc2cc(F)cc(F)c2)[C@H](O)CNCc2occc2C)c1. The van der Waals surface area contributed by atoms with Crippen LogP contribution in [-0.2, 0) is 13.0 Å². The van der Waals surface area contributed by atoms with Gasteiger partial charge in [0, 0.05) is 36.8 Å². The highest BCUT2D eigenvalue weighted by molar-refractivity contribution is 6.00. The van der Waals surface area contributed by atoms with Crippen molar-refractivity contribution in [2.45, 2.75) is 65.6 Å². The van der Waals surface area contributed by atoms with Gasteiger partial charge in [-0.2, -0.15) is 0 Å². The van der Waals surface area contributed by atoms with Gasteiger partial charge in [0.1, 0.15) is 17.4 Å². The molecular formula is C31H39F2N3O4. The fourth-order valence-electron chi connectivity index (χ4n) is 4.65. The molecule has 3 aromatic rings. The van der Waals surface area contributed by atoms with Gasteiger partial charge in [-0.25, -0.2) is 8.78 Å². The van der Waals surface area contributed by atoms with Crippen LogP contribution in [0.3, 0.4) is 0 Å². The molecular weight excluding hydrogens is 516 g/mol. The Hall–Kier alpha value is -3.56. The summed E-state index contributed by atoms with van der Waals surface area (Å²) in [5, 5.41) is 17.0. The molecule has 3 rings (SSSR count). The fraction of sp³-hybridized carbons (Fsp3) is 0.419. The first-order valence-electron chi connectivity index (χ1n) is 13.7. The van der Waals surface area contributed by atoms with Crippen molar-refractivity contribution in [3.63, 3.8) is 0 Å². The average molecular weight is 556 g/mol. The normalized spacial score (nSPS) is 12.7. The summed E-state index contributed by atoms with van der Waals surface area (Å²) in [6, 6.07) is 9.04. The lowest BCUT2D eigenvalue weighted by Crippen LogP contribution is -2.48. The lowest BCUT2D eigenvalue weighted by atomic mass is 9.99. The number of furan rings is 1. The summed E-state index contributed by atoms with van der Waals surface area (Å²) in [6.45, 7) is 9.40. The van der Waals surface area contributed by atoms with Crippen LogP contribution >= 0.6 is 0 Å². The maximum atomic E-state index is 13.9. The molecule has 0 spiro atoms. The monoisotopic (exact) mass is 555 g/mol. The summed E-state index contributed by atoms with van der Waals surface area (Å²) in [5.74, 6) is -1.42. The van der Waals surface area contributed by atoms with Crippen molar-refractivity contribution in [1.82, 2.24) is 15.5 Å². The van der Waals surface area contributed by atoms with E-state index in [0.717, 1.165) is 35.8 Å². The van der Waals surface area contributed by atoms with Gasteiger partial charge in [0.2, 0.25) is 0 Å². The minimum Gasteiger partial charge on any atom is -0.468 e. The molecule has 0 unspecified atom stereocenters. The zero-order valence-electron chi connectivity index (χ0n) is 23.6. The standard InChI is InChI=1S/C31H39F2N3O4/c1-5-8-36(9-6-2)31(39)24-12-20(3)11-23(16-24)30(38)35-27(15-22-13-25(32)17-26(33)14-22)28(37)18-34-19-29-21(4)7-10-40-29/h7,10-14,16-17,27-28,34,37H,5-6,8-9,15,18-19H2,1-4H3,(H,35,38)/t27-,28+/m0/s1. The molecule has 0 radical (unpaired) electrons. The van der Waals surface area contributed by atoms with Crippen molar-refractivity contribution in [3.05, 3.63) is 93.9 Å². The summed E-state index contributed by atoms with van der Waals surface area (Å²) in [4.78, 5) is 28.4. The third-order valence-corrected chi connectivity index (χ3v) is 6.63. The summed E-state index contributed by atoms with van der Waals surface area (Å²) < 4.78 is 33.2. The van der Waals surface area contributed by atoms with Gasteiger partial charge >= 0.3 is 0 Å². The minimum atomic E-state index is -1.10. The maximum absolute atomic E-state index is 13.9. The molecule has 1 heterocycles. The highest BCUT2D eigenvalue weighted by Gasteiger charge is 2.24. The van der Waals surface area contributed by atoms with E-state index in [4.69, 9.17) is 4.42 Å². The number of nitrogens with zero attached hydrogens (tertiary/aromatic N) is 1. The zero-order valence-corrected chi connectivity index (χ0v) is 23.6. The van der Waals surface area contributed by atoms with Gasteiger partial charge in [0.25, 0.3) is 11.8 Å². The summed E-state index contributed by atoms with van der Waals surface area (Å²) in [6.07, 6.45) is 2.11. The van der Waals surface area contributed by atoms with Gasteiger partial charge in [0.15, 0.2) is 0 Å². The fourth-order valence-corrected chi connectivity index (χ4v) is 4.65. The Kier molecular flexibility index (Phi) is 11.4. The molecule has 2 amide bonds. The molecule has 2 aromatic carbocycles. The minimum absolute atomic E-state index is 0.0125. The average Bonchev–Trinajstić information content (AvgIpc) is 3.31. The van der Waals surface area contributed by atoms with Gasteiger partial charge in [-0.15, -0.1) is 0 Å². The first kappa shape index (κ1) is 31.0. The number of hydrogen-bond donors (Lipinski definition) is 3. The predicted molar refractivity (Wildman–Crippen MR) is 150 cm³/mol. The number of carbonyl (C=O) groups excluding carboxylic acids is 2.